The molecule has 1 fully saturated rings. The van der Waals surface area contributed by atoms with Gasteiger partial charge in [0.25, 0.3) is 5.91 Å². The lowest BCUT2D eigenvalue weighted by Gasteiger charge is -2.34. The summed E-state index contributed by atoms with van der Waals surface area (Å²) in [6, 6.07) is 17.7. The molecule has 2 aromatic carbocycles. The zero-order valence-corrected chi connectivity index (χ0v) is 18.7. The molecule has 1 saturated heterocycles. The normalized spacial score (nSPS) is 15.0. The van der Waals surface area contributed by atoms with Crippen molar-refractivity contribution < 1.29 is 9.59 Å². The maximum atomic E-state index is 12.0. The SMILES string of the molecule is O=C(CCNC(=O)c1ccc(Br)cc1)NCCN1CCN(Cc2ccccc2)CC1. The predicted octanol–water partition coefficient (Wildman–Crippen LogP) is 2.50. The van der Waals surface area contributed by atoms with Gasteiger partial charge in [-0.2, -0.15) is 0 Å². The number of hydrogen-bond donors (Lipinski definition) is 2. The molecule has 6 nitrogen and oxygen atoms in total. The molecule has 2 N–H and O–H groups in total. The lowest BCUT2D eigenvalue weighted by Crippen LogP contribution is -2.48. The van der Waals surface area contributed by atoms with E-state index in [-0.39, 0.29) is 18.2 Å². The summed E-state index contributed by atoms with van der Waals surface area (Å²) in [7, 11) is 0. The molecule has 30 heavy (non-hydrogen) atoms. The van der Waals surface area contributed by atoms with Crippen LogP contribution in [0.2, 0.25) is 0 Å². The predicted molar refractivity (Wildman–Crippen MR) is 122 cm³/mol. The third-order valence-electron chi connectivity index (χ3n) is 5.21. The van der Waals surface area contributed by atoms with Crippen molar-refractivity contribution >= 4 is 27.7 Å². The van der Waals surface area contributed by atoms with Crippen LogP contribution in [0.3, 0.4) is 0 Å². The summed E-state index contributed by atoms with van der Waals surface area (Å²) in [4.78, 5) is 28.9. The van der Waals surface area contributed by atoms with Crippen LogP contribution in [-0.4, -0.2) is 67.4 Å². The molecular weight excluding hydrogens is 444 g/mol. The van der Waals surface area contributed by atoms with Crippen molar-refractivity contribution in [3.8, 4) is 0 Å². The average Bonchev–Trinajstić information content (AvgIpc) is 2.76. The minimum absolute atomic E-state index is 0.0335. The summed E-state index contributed by atoms with van der Waals surface area (Å²) in [5.74, 6) is -0.197. The van der Waals surface area contributed by atoms with Crippen molar-refractivity contribution in [2.24, 2.45) is 0 Å². The molecule has 2 amide bonds. The van der Waals surface area contributed by atoms with Gasteiger partial charge in [0.05, 0.1) is 0 Å². The molecule has 0 aromatic heterocycles. The second-order valence-electron chi connectivity index (χ2n) is 7.47. The first-order chi connectivity index (χ1) is 14.6. The molecule has 3 rings (SSSR count). The minimum Gasteiger partial charge on any atom is -0.355 e. The number of piperazine rings is 1. The number of carbonyl (C=O) groups is 2. The summed E-state index contributed by atoms with van der Waals surface area (Å²) >= 11 is 3.34. The Labute approximate surface area is 186 Å². The second kappa shape index (κ2) is 11.8. The molecule has 2 aromatic rings. The Balaban J connectivity index is 1.24. The zero-order chi connectivity index (χ0) is 21.2. The highest BCUT2D eigenvalue weighted by Gasteiger charge is 2.16. The molecule has 0 atom stereocenters. The largest absolute Gasteiger partial charge is 0.355 e. The summed E-state index contributed by atoms with van der Waals surface area (Å²) in [5.41, 5.74) is 1.94. The van der Waals surface area contributed by atoms with Crippen LogP contribution in [0, 0.1) is 0 Å². The fourth-order valence-corrected chi connectivity index (χ4v) is 3.71. The maximum Gasteiger partial charge on any atom is 0.251 e. The van der Waals surface area contributed by atoms with Gasteiger partial charge in [0.15, 0.2) is 0 Å². The van der Waals surface area contributed by atoms with Gasteiger partial charge < -0.3 is 10.6 Å². The number of carbonyl (C=O) groups excluding carboxylic acids is 2. The van der Waals surface area contributed by atoms with Crippen molar-refractivity contribution in [3.05, 3.63) is 70.2 Å². The van der Waals surface area contributed by atoms with E-state index < -0.39 is 0 Å². The highest BCUT2D eigenvalue weighted by Crippen LogP contribution is 2.10. The van der Waals surface area contributed by atoms with Crippen LogP contribution in [0.4, 0.5) is 0 Å². The van der Waals surface area contributed by atoms with Crippen LogP contribution in [0.1, 0.15) is 22.3 Å². The van der Waals surface area contributed by atoms with Gasteiger partial charge in [-0.25, -0.2) is 0 Å². The number of nitrogens with zero attached hydrogens (tertiary/aromatic N) is 2. The van der Waals surface area contributed by atoms with Crippen molar-refractivity contribution in [2.75, 3.05) is 45.8 Å². The van der Waals surface area contributed by atoms with Gasteiger partial charge in [-0.1, -0.05) is 46.3 Å². The van der Waals surface area contributed by atoms with E-state index in [9.17, 15) is 9.59 Å². The summed E-state index contributed by atoms with van der Waals surface area (Å²) in [5, 5.41) is 5.73. The first-order valence-corrected chi connectivity index (χ1v) is 11.2. The van der Waals surface area contributed by atoms with Gasteiger partial charge in [0, 0.05) is 68.8 Å². The van der Waals surface area contributed by atoms with E-state index in [1.165, 1.54) is 5.56 Å². The molecule has 1 aliphatic heterocycles. The van der Waals surface area contributed by atoms with E-state index in [1.54, 1.807) is 12.1 Å². The third-order valence-corrected chi connectivity index (χ3v) is 5.74. The number of rotatable bonds is 9. The molecular formula is C23H29BrN4O2. The second-order valence-corrected chi connectivity index (χ2v) is 8.38. The van der Waals surface area contributed by atoms with Gasteiger partial charge in [0.2, 0.25) is 5.91 Å². The Hall–Kier alpha value is -2.22. The Morgan fingerprint density at radius 1 is 0.833 bits per heavy atom. The number of nitrogens with one attached hydrogen (secondary N) is 2. The van der Waals surface area contributed by atoms with Crippen LogP contribution in [-0.2, 0) is 11.3 Å². The molecule has 0 bridgehead atoms. The highest BCUT2D eigenvalue weighted by atomic mass is 79.9. The third kappa shape index (κ3) is 7.55. The van der Waals surface area contributed by atoms with Crippen molar-refractivity contribution in [1.82, 2.24) is 20.4 Å². The highest BCUT2D eigenvalue weighted by molar-refractivity contribution is 9.10. The van der Waals surface area contributed by atoms with Gasteiger partial charge >= 0.3 is 0 Å². The van der Waals surface area contributed by atoms with Crippen LogP contribution >= 0.6 is 15.9 Å². The summed E-state index contributed by atoms with van der Waals surface area (Å²) < 4.78 is 0.927. The van der Waals surface area contributed by atoms with E-state index >= 15 is 0 Å². The van der Waals surface area contributed by atoms with E-state index in [2.05, 4.69) is 60.6 Å². The Bertz CT molecular complexity index is 806. The maximum absolute atomic E-state index is 12.0. The number of amides is 2. The standard InChI is InChI=1S/C23H29BrN4O2/c24-21-8-6-20(7-9-21)23(30)26-11-10-22(29)25-12-13-27-14-16-28(17-15-27)18-19-4-2-1-3-5-19/h1-9H,10-18H2,(H,25,29)(H,26,30). The number of benzene rings is 2. The lowest BCUT2D eigenvalue weighted by molar-refractivity contribution is -0.121. The topological polar surface area (TPSA) is 64.7 Å². The first-order valence-electron chi connectivity index (χ1n) is 10.4. The molecule has 7 heteroatoms. The van der Waals surface area contributed by atoms with Crippen molar-refractivity contribution in [3.63, 3.8) is 0 Å². The first kappa shape index (κ1) is 22.5. The van der Waals surface area contributed by atoms with Gasteiger partial charge in [0.1, 0.15) is 0 Å². The quantitative estimate of drug-likeness (QED) is 0.588. The molecule has 160 valence electrons. The summed E-state index contributed by atoms with van der Waals surface area (Å²) in [6.07, 6.45) is 0.285. The Kier molecular flexibility index (Phi) is 8.86. The number of halogens is 1. The lowest BCUT2D eigenvalue weighted by atomic mass is 10.2. The van der Waals surface area contributed by atoms with E-state index in [0.717, 1.165) is 43.7 Å². The van der Waals surface area contributed by atoms with Crippen molar-refractivity contribution in [1.29, 1.82) is 0 Å². The van der Waals surface area contributed by atoms with E-state index in [4.69, 9.17) is 0 Å². The smallest absolute Gasteiger partial charge is 0.251 e. The zero-order valence-electron chi connectivity index (χ0n) is 17.1. The molecule has 0 radical (unpaired) electrons. The van der Waals surface area contributed by atoms with Crippen LogP contribution < -0.4 is 10.6 Å². The molecule has 0 saturated carbocycles. The van der Waals surface area contributed by atoms with E-state index in [1.807, 2.05) is 18.2 Å². The Morgan fingerprint density at radius 3 is 2.20 bits per heavy atom. The summed E-state index contributed by atoms with van der Waals surface area (Å²) in [6.45, 7) is 6.96. The molecule has 0 aliphatic carbocycles. The monoisotopic (exact) mass is 472 g/mol. The molecule has 1 heterocycles. The molecule has 0 unspecified atom stereocenters. The van der Waals surface area contributed by atoms with E-state index in [0.29, 0.717) is 18.7 Å². The van der Waals surface area contributed by atoms with Gasteiger partial charge in [-0.05, 0) is 29.8 Å². The Morgan fingerprint density at radius 2 is 1.50 bits per heavy atom. The van der Waals surface area contributed by atoms with Gasteiger partial charge in [-0.15, -0.1) is 0 Å². The molecule has 1 aliphatic rings. The van der Waals surface area contributed by atoms with Crippen LogP contribution in [0.25, 0.3) is 0 Å². The minimum atomic E-state index is -0.163. The van der Waals surface area contributed by atoms with Crippen molar-refractivity contribution in [2.45, 2.75) is 13.0 Å². The fraction of sp³-hybridized carbons (Fsp3) is 0.391. The van der Waals surface area contributed by atoms with Crippen LogP contribution in [0.5, 0.6) is 0 Å². The average molecular weight is 473 g/mol. The number of hydrogen-bond acceptors (Lipinski definition) is 4. The fourth-order valence-electron chi connectivity index (χ4n) is 3.45. The molecule has 0 spiro atoms. The van der Waals surface area contributed by atoms with Crippen LogP contribution in [0.15, 0.2) is 59.1 Å². The van der Waals surface area contributed by atoms with Gasteiger partial charge in [-0.3, -0.25) is 19.4 Å².